The number of allylic oxidation sites excluding steroid dienone is 1. The van der Waals surface area contributed by atoms with Gasteiger partial charge in [-0.3, -0.25) is 9.59 Å². The summed E-state index contributed by atoms with van der Waals surface area (Å²) in [5.74, 6) is 0.591. The molecule has 5 nitrogen and oxygen atoms in total. The molecule has 3 atom stereocenters. The lowest BCUT2D eigenvalue weighted by Gasteiger charge is -2.48. The molecule has 3 unspecified atom stereocenters. The Morgan fingerprint density at radius 3 is 2.33 bits per heavy atom. The number of carbonyl (C=O) groups excluding carboxylic acids is 2. The minimum atomic E-state index is -0.913. The van der Waals surface area contributed by atoms with Gasteiger partial charge in [-0.25, -0.2) is 0 Å². The number of halogens is 1. The zero-order chi connectivity index (χ0) is 24.2. The molecule has 2 N–H and O–H groups in total. The maximum atomic E-state index is 13.7. The Morgan fingerprint density at radius 1 is 1.15 bits per heavy atom. The molecule has 2 aliphatic rings. The molecule has 2 fully saturated rings. The van der Waals surface area contributed by atoms with Crippen molar-refractivity contribution in [2.45, 2.75) is 76.8 Å². The van der Waals surface area contributed by atoms with E-state index in [0.29, 0.717) is 12.3 Å². The van der Waals surface area contributed by atoms with Crippen LogP contribution >= 0.6 is 11.6 Å². The van der Waals surface area contributed by atoms with Crippen molar-refractivity contribution in [2.24, 2.45) is 11.8 Å². The topological polar surface area (TPSA) is 61.4 Å². The first kappa shape index (κ1) is 25.8. The fourth-order valence-corrected chi connectivity index (χ4v) is 5.67. The highest BCUT2D eigenvalue weighted by Crippen LogP contribution is 2.40. The molecule has 1 aromatic rings. The highest BCUT2D eigenvalue weighted by molar-refractivity contribution is 6.30. The number of amides is 2. The third kappa shape index (κ3) is 6.60. The largest absolute Gasteiger partial charge is 0.349 e. The van der Waals surface area contributed by atoms with E-state index in [-0.39, 0.29) is 29.2 Å². The van der Waals surface area contributed by atoms with Crippen LogP contribution in [0.4, 0.5) is 0 Å². The van der Waals surface area contributed by atoms with Crippen LogP contribution in [0.3, 0.4) is 0 Å². The van der Waals surface area contributed by atoms with Crippen molar-refractivity contribution < 1.29 is 9.59 Å². The van der Waals surface area contributed by atoms with Gasteiger partial charge in [0.25, 0.3) is 0 Å². The highest BCUT2D eigenvalue weighted by atomic mass is 35.5. The Kier molecular flexibility index (Phi) is 8.28. The molecular weight excluding hydrogens is 434 g/mol. The maximum Gasteiger partial charge on any atom is 0.246 e. The van der Waals surface area contributed by atoms with Crippen LogP contribution in [-0.2, 0) is 9.59 Å². The smallest absolute Gasteiger partial charge is 0.246 e. The Balaban J connectivity index is 1.75. The lowest BCUT2D eigenvalue weighted by Crippen LogP contribution is -2.68. The first-order chi connectivity index (χ1) is 15.5. The molecule has 1 saturated heterocycles. The second-order valence-electron chi connectivity index (χ2n) is 11.0. The molecular formula is C27H40ClN3O2. The van der Waals surface area contributed by atoms with Gasteiger partial charge in [-0.05, 0) is 95.5 Å². The van der Waals surface area contributed by atoms with Crippen molar-refractivity contribution in [2.75, 3.05) is 19.6 Å². The van der Waals surface area contributed by atoms with E-state index in [4.69, 9.17) is 11.6 Å². The number of carbonyl (C=O) groups is 2. The van der Waals surface area contributed by atoms with Crippen molar-refractivity contribution in [3.63, 3.8) is 0 Å². The normalized spacial score (nSPS) is 27.1. The van der Waals surface area contributed by atoms with Crippen molar-refractivity contribution in [1.82, 2.24) is 15.5 Å². The van der Waals surface area contributed by atoms with Crippen LogP contribution in [0.2, 0.25) is 5.02 Å². The maximum absolute atomic E-state index is 13.7. The molecule has 3 rings (SSSR count). The highest BCUT2D eigenvalue weighted by Gasteiger charge is 2.51. The molecule has 1 aliphatic heterocycles. The van der Waals surface area contributed by atoms with Gasteiger partial charge in [0, 0.05) is 29.9 Å². The number of piperidine rings is 1. The van der Waals surface area contributed by atoms with Gasteiger partial charge in [-0.2, -0.15) is 0 Å². The van der Waals surface area contributed by atoms with Gasteiger partial charge >= 0.3 is 0 Å². The van der Waals surface area contributed by atoms with E-state index in [0.717, 1.165) is 50.3 Å². The summed E-state index contributed by atoms with van der Waals surface area (Å²) in [6, 6.07) is 8.21. The number of likely N-dealkylation sites (tertiary alicyclic amines) is 1. The van der Waals surface area contributed by atoms with Crippen LogP contribution in [0.15, 0.2) is 36.9 Å². The van der Waals surface area contributed by atoms with E-state index in [1.165, 1.54) is 12.5 Å². The van der Waals surface area contributed by atoms with E-state index in [9.17, 15) is 9.59 Å². The standard InChI is InChI=1S/C27H40ClN3O2/c1-6-20-7-10-23(27(17-20,29-19(2)32)25(33)30-26(3,4)5)18-31-15-13-22(14-16-31)21-8-11-24(28)12-9-21/h6,8-9,11-12,20,22-23H,1,7,10,13-18H2,2-5H3,(H,29,32)(H,30,33). The molecule has 1 heterocycles. The first-order valence-electron chi connectivity index (χ1n) is 12.2. The number of benzene rings is 1. The van der Waals surface area contributed by atoms with Crippen LogP contribution in [0.1, 0.15) is 71.3 Å². The lowest BCUT2D eigenvalue weighted by atomic mass is 9.67. The molecule has 2 amide bonds. The van der Waals surface area contributed by atoms with Crippen molar-refractivity contribution >= 4 is 23.4 Å². The van der Waals surface area contributed by atoms with E-state index >= 15 is 0 Å². The zero-order valence-electron chi connectivity index (χ0n) is 20.6. The molecule has 0 aromatic heterocycles. The molecule has 0 radical (unpaired) electrons. The van der Waals surface area contributed by atoms with E-state index in [1.807, 2.05) is 39.0 Å². The molecule has 1 aromatic carbocycles. The SMILES string of the molecule is C=CC1CCC(CN2CCC(c3ccc(Cl)cc3)CC2)C(NC(C)=O)(C(=O)NC(C)(C)C)C1. The van der Waals surface area contributed by atoms with Gasteiger partial charge in [-0.15, -0.1) is 6.58 Å². The second kappa shape index (κ2) is 10.6. The van der Waals surface area contributed by atoms with Gasteiger partial charge in [0.1, 0.15) is 5.54 Å². The number of nitrogens with one attached hydrogen (secondary N) is 2. The van der Waals surface area contributed by atoms with E-state index in [1.54, 1.807) is 0 Å². The van der Waals surface area contributed by atoms with Crippen LogP contribution in [0, 0.1) is 11.8 Å². The Morgan fingerprint density at radius 2 is 1.79 bits per heavy atom. The molecule has 33 heavy (non-hydrogen) atoms. The molecule has 0 bridgehead atoms. The lowest BCUT2D eigenvalue weighted by molar-refractivity contribution is -0.139. The zero-order valence-corrected chi connectivity index (χ0v) is 21.4. The summed E-state index contributed by atoms with van der Waals surface area (Å²) in [5, 5.41) is 7.06. The number of hydrogen-bond acceptors (Lipinski definition) is 3. The summed E-state index contributed by atoms with van der Waals surface area (Å²) < 4.78 is 0. The second-order valence-corrected chi connectivity index (χ2v) is 11.4. The Bertz CT molecular complexity index is 840. The van der Waals surface area contributed by atoms with E-state index in [2.05, 4.69) is 34.2 Å². The quantitative estimate of drug-likeness (QED) is 0.577. The van der Waals surface area contributed by atoms with Crippen LogP contribution in [-0.4, -0.2) is 47.4 Å². The van der Waals surface area contributed by atoms with E-state index < -0.39 is 5.54 Å². The van der Waals surface area contributed by atoms with Gasteiger partial charge in [0.15, 0.2) is 0 Å². The van der Waals surface area contributed by atoms with Gasteiger partial charge in [-0.1, -0.05) is 29.8 Å². The third-order valence-corrected chi connectivity index (χ3v) is 7.45. The van der Waals surface area contributed by atoms with Crippen LogP contribution < -0.4 is 10.6 Å². The minimum Gasteiger partial charge on any atom is -0.349 e. The molecule has 1 aliphatic carbocycles. The molecule has 182 valence electrons. The van der Waals surface area contributed by atoms with Crippen LogP contribution in [0.5, 0.6) is 0 Å². The summed E-state index contributed by atoms with van der Waals surface area (Å²) in [5.41, 5.74) is 0.0664. The first-order valence-corrected chi connectivity index (χ1v) is 12.6. The fourth-order valence-electron chi connectivity index (χ4n) is 5.54. The number of rotatable bonds is 6. The van der Waals surface area contributed by atoms with Gasteiger partial charge in [0.2, 0.25) is 11.8 Å². The minimum absolute atomic E-state index is 0.0621. The average Bonchev–Trinajstić information content (AvgIpc) is 2.74. The summed E-state index contributed by atoms with van der Waals surface area (Å²) in [4.78, 5) is 28.4. The molecule has 1 saturated carbocycles. The third-order valence-electron chi connectivity index (χ3n) is 7.20. The summed E-state index contributed by atoms with van der Waals surface area (Å²) >= 11 is 6.05. The Labute approximate surface area is 204 Å². The summed E-state index contributed by atoms with van der Waals surface area (Å²) in [6.07, 6.45) is 6.61. The van der Waals surface area contributed by atoms with Crippen LogP contribution in [0.25, 0.3) is 0 Å². The Hall–Kier alpha value is -1.85. The monoisotopic (exact) mass is 473 g/mol. The molecule has 6 heteroatoms. The predicted octanol–water partition coefficient (Wildman–Crippen LogP) is 4.91. The molecule has 0 spiro atoms. The van der Waals surface area contributed by atoms with Gasteiger partial charge < -0.3 is 15.5 Å². The average molecular weight is 474 g/mol. The number of hydrogen-bond donors (Lipinski definition) is 2. The summed E-state index contributed by atoms with van der Waals surface area (Å²) in [6.45, 7) is 14.2. The van der Waals surface area contributed by atoms with Crippen molar-refractivity contribution in [3.8, 4) is 0 Å². The number of nitrogens with zero attached hydrogens (tertiary/aromatic N) is 1. The van der Waals surface area contributed by atoms with Gasteiger partial charge in [0.05, 0.1) is 0 Å². The van der Waals surface area contributed by atoms with Crippen molar-refractivity contribution in [3.05, 3.63) is 47.5 Å². The summed E-state index contributed by atoms with van der Waals surface area (Å²) in [7, 11) is 0. The predicted molar refractivity (Wildman–Crippen MR) is 135 cm³/mol. The van der Waals surface area contributed by atoms with Crippen molar-refractivity contribution in [1.29, 1.82) is 0 Å². The fraction of sp³-hybridized carbons (Fsp3) is 0.630.